The first kappa shape index (κ1) is 26.4. The number of ether oxygens (including phenoxy) is 3. The highest BCUT2D eigenvalue weighted by Gasteiger charge is 2.06. The maximum Gasteiger partial charge on any atom is 0.305 e. The molecule has 2 N–H and O–H groups in total. The van der Waals surface area contributed by atoms with E-state index >= 15 is 0 Å². The number of carbonyl (C=O) groups is 1. The highest BCUT2D eigenvalue weighted by Crippen LogP contribution is 2.21. The minimum absolute atomic E-state index is 0. The smallest absolute Gasteiger partial charge is 0.305 e. The van der Waals surface area contributed by atoms with Crippen molar-refractivity contribution in [3.05, 3.63) is 29.3 Å². The highest BCUT2D eigenvalue weighted by molar-refractivity contribution is 14.0. The zero-order valence-corrected chi connectivity index (χ0v) is 19.7. The Hall–Kier alpha value is -1.55. The molecule has 0 heterocycles. The fourth-order valence-electron chi connectivity index (χ4n) is 2.34. The van der Waals surface area contributed by atoms with Crippen LogP contribution < -0.4 is 15.4 Å². The van der Waals surface area contributed by atoms with Gasteiger partial charge in [0.25, 0.3) is 0 Å². The number of nitrogens with one attached hydrogen (secondary N) is 2. The molecule has 0 aromatic heterocycles. The predicted octanol–water partition coefficient (Wildman–Crippen LogP) is 3.04. The normalized spacial score (nSPS) is 10.8. The fraction of sp³-hybridized carbons (Fsp3) is 0.600. The van der Waals surface area contributed by atoms with Crippen LogP contribution >= 0.6 is 24.0 Å². The van der Waals surface area contributed by atoms with Crippen molar-refractivity contribution < 1.29 is 19.0 Å². The molecule has 0 spiro atoms. The van der Waals surface area contributed by atoms with Crippen LogP contribution in [0.25, 0.3) is 0 Å². The number of aryl methyl sites for hydroxylation is 1. The molecule has 0 aliphatic carbocycles. The van der Waals surface area contributed by atoms with Crippen molar-refractivity contribution in [3.63, 3.8) is 0 Å². The van der Waals surface area contributed by atoms with Gasteiger partial charge >= 0.3 is 5.97 Å². The van der Waals surface area contributed by atoms with Crippen LogP contribution in [0.15, 0.2) is 23.2 Å². The molecule has 7 nitrogen and oxygen atoms in total. The summed E-state index contributed by atoms with van der Waals surface area (Å²) >= 11 is 0. The number of esters is 1. The Kier molecular flexibility index (Phi) is 15.5. The van der Waals surface area contributed by atoms with E-state index in [4.69, 9.17) is 14.2 Å². The Labute approximate surface area is 185 Å². The number of nitrogens with zero attached hydrogens (tertiary/aromatic N) is 1. The summed E-state index contributed by atoms with van der Waals surface area (Å²) in [4.78, 5) is 16.0. The van der Waals surface area contributed by atoms with Crippen LogP contribution in [0, 0.1) is 6.92 Å². The van der Waals surface area contributed by atoms with Gasteiger partial charge in [-0.3, -0.25) is 4.79 Å². The molecule has 1 aromatic carbocycles. The maximum atomic E-state index is 11.4. The van der Waals surface area contributed by atoms with E-state index in [9.17, 15) is 4.79 Å². The molecule has 0 saturated heterocycles. The van der Waals surface area contributed by atoms with Crippen molar-refractivity contribution in [2.24, 2.45) is 4.99 Å². The number of methoxy groups -OCH3 is 1. The molecule has 0 saturated carbocycles. The van der Waals surface area contributed by atoms with Crippen molar-refractivity contribution in [2.45, 2.75) is 40.2 Å². The number of hydrogen-bond donors (Lipinski definition) is 2. The summed E-state index contributed by atoms with van der Waals surface area (Å²) in [6.45, 7) is 9.23. The van der Waals surface area contributed by atoms with Crippen molar-refractivity contribution in [2.75, 3.05) is 40.0 Å². The average Bonchev–Trinajstić information content (AvgIpc) is 2.64. The number of hydrogen-bond acceptors (Lipinski definition) is 5. The molecule has 1 aromatic rings. The van der Waals surface area contributed by atoms with E-state index in [2.05, 4.69) is 15.6 Å². The lowest BCUT2D eigenvalue weighted by molar-refractivity contribution is -0.143. The van der Waals surface area contributed by atoms with Crippen LogP contribution in [-0.4, -0.2) is 51.9 Å². The third-order valence-electron chi connectivity index (χ3n) is 3.67. The summed E-state index contributed by atoms with van der Waals surface area (Å²) in [7, 11) is 1.65. The Morgan fingerprint density at radius 3 is 2.64 bits per heavy atom. The first-order valence-electron chi connectivity index (χ1n) is 9.49. The molecule has 0 amide bonds. The zero-order valence-electron chi connectivity index (χ0n) is 17.4. The van der Waals surface area contributed by atoms with Crippen LogP contribution in [-0.2, 0) is 20.8 Å². The minimum Gasteiger partial charge on any atom is -0.491 e. The monoisotopic (exact) mass is 507 g/mol. The minimum atomic E-state index is -0.168. The van der Waals surface area contributed by atoms with Gasteiger partial charge < -0.3 is 24.8 Å². The lowest BCUT2D eigenvalue weighted by Gasteiger charge is -2.13. The first-order valence-corrected chi connectivity index (χ1v) is 9.49. The standard InChI is InChI=1S/C20H33N3O4.HI/c1-5-21-20(22-11-7-8-19(24)26-6-2)23-15-17-10-9-16(3)14-18(17)27-13-12-25-4;/h9-10,14H,5-8,11-13,15H2,1-4H3,(H2,21,22,23);1H. The number of guanidine groups is 1. The highest BCUT2D eigenvalue weighted by atomic mass is 127. The third kappa shape index (κ3) is 11.3. The topological polar surface area (TPSA) is 81.2 Å². The summed E-state index contributed by atoms with van der Waals surface area (Å²) in [5.41, 5.74) is 2.15. The summed E-state index contributed by atoms with van der Waals surface area (Å²) < 4.78 is 15.8. The number of benzene rings is 1. The molecule has 0 bridgehead atoms. The van der Waals surface area contributed by atoms with E-state index in [0.29, 0.717) is 51.7 Å². The van der Waals surface area contributed by atoms with Crippen LogP contribution in [0.1, 0.15) is 37.8 Å². The molecule has 1 rings (SSSR count). The van der Waals surface area contributed by atoms with E-state index in [1.54, 1.807) is 7.11 Å². The van der Waals surface area contributed by atoms with E-state index in [0.717, 1.165) is 23.4 Å². The summed E-state index contributed by atoms with van der Waals surface area (Å²) in [5.74, 6) is 1.37. The van der Waals surface area contributed by atoms with Gasteiger partial charge in [-0.15, -0.1) is 24.0 Å². The Bertz CT molecular complexity index is 597. The molecule has 8 heteroatoms. The van der Waals surface area contributed by atoms with Gasteiger partial charge in [-0.05, 0) is 38.8 Å². The lowest BCUT2D eigenvalue weighted by Crippen LogP contribution is -2.37. The molecule has 0 aliphatic rings. The van der Waals surface area contributed by atoms with E-state index in [1.165, 1.54) is 0 Å². The molecule has 28 heavy (non-hydrogen) atoms. The number of rotatable bonds is 12. The predicted molar refractivity (Wildman–Crippen MR) is 123 cm³/mol. The molecular weight excluding hydrogens is 473 g/mol. The van der Waals surface area contributed by atoms with Crippen LogP contribution in [0.5, 0.6) is 5.75 Å². The van der Waals surface area contributed by atoms with Gasteiger partial charge in [0, 0.05) is 32.2 Å². The summed E-state index contributed by atoms with van der Waals surface area (Å²) in [5, 5.41) is 6.45. The Balaban J connectivity index is 0.00000729. The largest absolute Gasteiger partial charge is 0.491 e. The van der Waals surface area contributed by atoms with Gasteiger partial charge in [0.15, 0.2) is 5.96 Å². The van der Waals surface area contributed by atoms with E-state index in [-0.39, 0.29) is 29.9 Å². The van der Waals surface area contributed by atoms with Crippen LogP contribution in [0.4, 0.5) is 0 Å². The van der Waals surface area contributed by atoms with Crippen LogP contribution in [0.2, 0.25) is 0 Å². The fourth-order valence-corrected chi connectivity index (χ4v) is 2.34. The molecule has 0 unspecified atom stereocenters. The molecule has 0 radical (unpaired) electrons. The molecule has 160 valence electrons. The summed E-state index contributed by atoms with van der Waals surface area (Å²) in [6, 6.07) is 6.10. The molecular formula is C20H34IN3O4. The second-order valence-corrected chi connectivity index (χ2v) is 5.98. The molecule has 0 atom stereocenters. The van der Waals surface area contributed by atoms with Gasteiger partial charge in [-0.2, -0.15) is 0 Å². The van der Waals surface area contributed by atoms with Crippen molar-refractivity contribution in [3.8, 4) is 5.75 Å². The number of carbonyl (C=O) groups excluding carboxylic acids is 1. The van der Waals surface area contributed by atoms with Gasteiger partial charge in [0.1, 0.15) is 12.4 Å². The first-order chi connectivity index (χ1) is 13.1. The quantitative estimate of drug-likeness (QED) is 0.149. The van der Waals surface area contributed by atoms with Crippen LogP contribution in [0.3, 0.4) is 0 Å². The second kappa shape index (κ2) is 16.4. The third-order valence-corrected chi connectivity index (χ3v) is 3.67. The van der Waals surface area contributed by atoms with Crippen molar-refractivity contribution in [1.29, 1.82) is 0 Å². The number of halogens is 1. The lowest BCUT2D eigenvalue weighted by atomic mass is 10.1. The van der Waals surface area contributed by atoms with Gasteiger partial charge in [-0.1, -0.05) is 12.1 Å². The molecule has 0 aliphatic heterocycles. The SMILES string of the molecule is CCNC(=NCc1ccc(C)cc1OCCOC)NCCCC(=O)OCC.I. The van der Waals surface area contributed by atoms with E-state index < -0.39 is 0 Å². The number of aliphatic imine (C=N–C) groups is 1. The molecule has 0 fully saturated rings. The zero-order chi connectivity index (χ0) is 19.9. The van der Waals surface area contributed by atoms with Gasteiger partial charge in [-0.25, -0.2) is 4.99 Å². The van der Waals surface area contributed by atoms with Gasteiger partial charge in [0.05, 0.1) is 19.8 Å². The average molecular weight is 507 g/mol. The summed E-state index contributed by atoms with van der Waals surface area (Å²) in [6.07, 6.45) is 1.09. The van der Waals surface area contributed by atoms with E-state index in [1.807, 2.05) is 39.0 Å². The van der Waals surface area contributed by atoms with Gasteiger partial charge in [0.2, 0.25) is 0 Å². The van der Waals surface area contributed by atoms with Crippen molar-refractivity contribution in [1.82, 2.24) is 10.6 Å². The maximum absolute atomic E-state index is 11.4. The second-order valence-electron chi connectivity index (χ2n) is 5.98. The Morgan fingerprint density at radius 1 is 1.18 bits per heavy atom. The Morgan fingerprint density at radius 2 is 1.96 bits per heavy atom. The van der Waals surface area contributed by atoms with Crippen molar-refractivity contribution >= 4 is 35.9 Å².